The SMILES string of the molecule is CC1CN(c2ccc(NC(=O)N(C)CC3COc4ccccc4O3)cc2F)CC(C)O1. The Morgan fingerprint density at radius 2 is 1.87 bits per heavy atom. The summed E-state index contributed by atoms with van der Waals surface area (Å²) in [5.74, 6) is 0.991. The molecule has 0 spiro atoms. The number of nitrogens with zero attached hydrogens (tertiary/aromatic N) is 2. The molecule has 3 atom stereocenters. The molecule has 4 rings (SSSR count). The molecule has 0 radical (unpaired) electrons. The van der Waals surface area contributed by atoms with Gasteiger partial charge in [-0.25, -0.2) is 9.18 Å². The topological polar surface area (TPSA) is 63.3 Å². The number of likely N-dealkylation sites (N-methyl/N-ethyl adjacent to an activating group) is 1. The van der Waals surface area contributed by atoms with Crippen molar-refractivity contribution in [2.75, 3.05) is 43.5 Å². The van der Waals surface area contributed by atoms with E-state index >= 15 is 0 Å². The molecule has 2 aliphatic rings. The summed E-state index contributed by atoms with van der Waals surface area (Å²) in [5.41, 5.74) is 0.915. The number of amides is 2. The van der Waals surface area contributed by atoms with Crippen LogP contribution in [0.4, 0.5) is 20.6 Å². The molecule has 8 heteroatoms. The molecule has 0 bridgehead atoms. The van der Waals surface area contributed by atoms with Crippen LogP contribution in [0.2, 0.25) is 0 Å². The van der Waals surface area contributed by atoms with E-state index < -0.39 is 0 Å². The zero-order valence-corrected chi connectivity index (χ0v) is 18.0. The van der Waals surface area contributed by atoms with Gasteiger partial charge in [-0.3, -0.25) is 0 Å². The molecule has 2 aromatic carbocycles. The molecule has 0 aromatic heterocycles. The van der Waals surface area contributed by atoms with Crippen LogP contribution in [0.3, 0.4) is 0 Å². The lowest BCUT2D eigenvalue weighted by Crippen LogP contribution is -2.45. The molecular weight excluding hydrogens is 401 g/mol. The maximum Gasteiger partial charge on any atom is 0.321 e. The average molecular weight is 429 g/mol. The van der Waals surface area contributed by atoms with Crippen molar-refractivity contribution in [2.24, 2.45) is 0 Å². The van der Waals surface area contributed by atoms with Crippen LogP contribution in [0.1, 0.15) is 13.8 Å². The molecular formula is C23H28FN3O4. The van der Waals surface area contributed by atoms with Gasteiger partial charge in [0.15, 0.2) is 17.6 Å². The Bertz CT molecular complexity index is 931. The largest absolute Gasteiger partial charge is 0.486 e. The number of benzene rings is 2. The number of morpholine rings is 1. The average Bonchev–Trinajstić information content (AvgIpc) is 2.73. The number of nitrogens with one attached hydrogen (secondary N) is 1. The quantitative estimate of drug-likeness (QED) is 0.802. The second-order valence-electron chi connectivity index (χ2n) is 8.14. The van der Waals surface area contributed by atoms with Gasteiger partial charge >= 0.3 is 6.03 Å². The third kappa shape index (κ3) is 5.02. The number of carbonyl (C=O) groups is 1. The number of carbonyl (C=O) groups excluding carboxylic acids is 1. The highest BCUT2D eigenvalue weighted by molar-refractivity contribution is 5.89. The summed E-state index contributed by atoms with van der Waals surface area (Å²) in [6.07, 6.45) is -0.210. The van der Waals surface area contributed by atoms with Gasteiger partial charge in [-0.1, -0.05) is 12.1 Å². The Morgan fingerprint density at radius 3 is 2.58 bits per heavy atom. The van der Waals surface area contributed by atoms with Crippen LogP contribution in [0.25, 0.3) is 0 Å². The molecule has 1 saturated heterocycles. The molecule has 3 unspecified atom stereocenters. The van der Waals surface area contributed by atoms with Crippen LogP contribution in [0, 0.1) is 5.82 Å². The standard InChI is InChI=1S/C23H28FN3O4/c1-15-11-27(12-16(2)30-15)20-9-8-17(10-19(20)24)25-23(28)26(3)13-18-14-29-21-6-4-5-7-22(21)31-18/h4-10,15-16,18H,11-14H2,1-3H3,(H,25,28). The van der Waals surface area contributed by atoms with Gasteiger partial charge in [0.05, 0.1) is 24.4 Å². The molecule has 0 aliphatic carbocycles. The number of anilines is 2. The monoisotopic (exact) mass is 429 g/mol. The number of ether oxygens (including phenoxy) is 3. The highest BCUT2D eigenvalue weighted by Gasteiger charge is 2.26. The molecule has 1 N–H and O–H groups in total. The third-order valence-corrected chi connectivity index (χ3v) is 5.35. The Kier molecular flexibility index (Phi) is 6.18. The fourth-order valence-electron chi connectivity index (χ4n) is 3.98. The lowest BCUT2D eigenvalue weighted by atomic mass is 10.2. The zero-order valence-electron chi connectivity index (χ0n) is 18.0. The lowest BCUT2D eigenvalue weighted by molar-refractivity contribution is -0.00539. The maximum atomic E-state index is 14.8. The van der Waals surface area contributed by atoms with Gasteiger partial charge in [-0.05, 0) is 44.2 Å². The first-order valence-corrected chi connectivity index (χ1v) is 10.5. The number of rotatable bonds is 4. The lowest BCUT2D eigenvalue weighted by Gasteiger charge is -2.37. The number of urea groups is 1. The van der Waals surface area contributed by atoms with Crippen LogP contribution < -0.4 is 19.7 Å². The minimum atomic E-state index is -0.373. The van der Waals surface area contributed by atoms with E-state index in [-0.39, 0.29) is 30.2 Å². The fourth-order valence-corrected chi connectivity index (χ4v) is 3.98. The summed E-state index contributed by atoms with van der Waals surface area (Å²) in [6.45, 7) is 5.90. The van der Waals surface area contributed by atoms with Crippen LogP contribution >= 0.6 is 0 Å². The van der Waals surface area contributed by atoms with E-state index in [2.05, 4.69) is 5.32 Å². The van der Waals surface area contributed by atoms with Crippen LogP contribution in [-0.2, 0) is 4.74 Å². The highest BCUT2D eigenvalue weighted by atomic mass is 19.1. The van der Waals surface area contributed by atoms with E-state index in [1.807, 2.05) is 43.0 Å². The van der Waals surface area contributed by atoms with Crippen molar-refractivity contribution in [1.29, 1.82) is 0 Å². The summed E-state index contributed by atoms with van der Waals surface area (Å²) < 4.78 is 32.1. The van der Waals surface area contributed by atoms with Gasteiger partial charge in [0.1, 0.15) is 12.4 Å². The van der Waals surface area contributed by atoms with Gasteiger partial charge in [-0.2, -0.15) is 0 Å². The highest BCUT2D eigenvalue weighted by Crippen LogP contribution is 2.31. The molecule has 2 heterocycles. The van der Waals surface area contributed by atoms with Crippen LogP contribution in [0.5, 0.6) is 11.5 Å². The molecule has 0 saturated carbocycles. The number of para-hydroxylation sites is 2. The maximum absolute atomic E-state index is 14.8. The molecule has 31 heavy (non-hydrogen) atoms. The number of halogens is 1. The van der Waals surface area contributed by atoms with E-state index in [9.17, 15) is 9.18 Å². The molecule has 2 aliphatic heterocycles. The summed E-state index contributed by atoms with van der Waals surface area (Å²) in [7, 11) is 1.67. The number of hydrogen-bond acceptors (Lipinski definition) is 5. The van der Waals surface area contributed by atoms with Gasteiger partial charge in [-0.15, -0.1) is 0 Å². The number of fused-ring (bicyclic) bond motifs is 1. The molecule has 2 amide bonds. The van der Waals surface area contributed by atoms with Gasteiger partial charge < -0.3 is 29.3 Å². The van der Waals surface area contributed by atoms with Crippen molar-refractivity contribution in [2.45, 2.75) is 32.2 Å². The molecule has 166 valence electrons. The van der Waals surface area contributed by atoms with Crippen molar-refractivity contribution in [3.05, 3.63) is 48.3 Å². The summed E-state index contributed by atoms with van der Waals surface area (Å²) in [5, 5.41) is 2.75. The first-order chi connectivity index (χ1) is 14.9. The fraction of sp³-hybridized carbons (Fsp3) is 0.435. The Morgan fingerprint density at radius 1 is 1.16 bits per heavy atom. The Labute approximate surface area is 181 Å². The molecule has 1 fully saturated rings. The van der Waals surface area contributed by atoms with Crippen LogP contribution in [0.15, 0.2) is 42.5 Å². The normalized spacial score (nSPS) is 22.7. The summed E-state index contributed by atoms with van der Waals surface area (Å²) >= 11 is 0. The second-order valence-corrected chi connectivity index (χ2v) is 8.14. The number of hydrogen-bond donors (Lipinski definition) is 1. The molecule has 7 nitrogen and oxygen atoms in total. The van der Waals surface area contributed by atoms with E-state index in [1.165, 1.54) is 11.0 Å². The minimum absolute atomic E-state index is 0.0362. The van der Waals surface area contributed by atoms with E-state index in [1.54, 1.807) is 19.2 Å². The Balaban J connectivity index is 1.34. The van der Waals surface area contributed by atoms with E-state index in [0.29, 0.717) is 49.1 Å². The van der Waals surface area contributed by atoms with Crippen molar-refractivity contribution in [1.82, 2.24) is 4.90 Å². The predicted octanol–water partition coefficient (Wildman–Crippen LogP) is 3.74. The van der Waals surface area contributed by atoms with E-state index in [0.717, 1.165) is 0 Å². The Hall–Kier alpha value is -3.00. The minimum Gasteiger partial charge on any atom is -0.486 e. The second kappa shape index (κ2) is 9.01. The zero-order chi connectivity index (χ0) is 22.0. The summed E-state index contributed by atoms with van der Waals surface area (Å²) in [4.78, 5) is 16.1. The predicted molar refractivity (Wildman–Crippen MR) is 117 cm³/mol. The summed E-state index contributed by atoms with van der Waals surface area (Å²) in [6, 6.07) is 11.9. The van der Waals surface area contributed by atoms with Crippen molar-refractivity contribution < 1.29 is 23.4 Å². The third-order valence-electron chi connectivity index (χ3n) is 5.35. The van der Waals surface area contributed by atoms with Crippen molar-refractivity contribution in [3.8, 4) is 11.5 Å². The van der Waals surface area contributed by atoms with Gasteiger partial charge in [0.25, 0.3) is 0 Å². The van der Waals surface area contributed by atoms with Gasteiger partial charge in [0.2, 0.25) is 0 Å². The van der Waals surface area contributed by atoms with Crippen LogP contribution in [-0.4, -0.2) is 62.5 Å². The van der Waals surface area contributed by atoms with E-state index in [4.69, 9.17) is 14.2 Å². The first-order valence-electron chi connectivity index (χ1n) is 10.5. The van der Waals surface area contributed by atoms with Crippen molar-refractivity contribution >= 4 is 17.4 Å². The van der Waals surface area contributed by atoms with Crippen molar-refractivity contribution in [3.63, 3.8) is 0 Å². The molecule has 2 aromatic rings. The first kappa shape index (κ1) is 21.2. The van der Waals surface area contributed by atoms with Gasteiger partial charge in [0, 0.05) is 25.8 Å². The smallest absolute Gasteiger partial charge is 0.321 e.